The molecule has 9 nitrogen and oxygen atoms in total. The van der Waals surface area contributed by atoms with Gasteiger partial charge < -0.3 is 18.9 Å². The minimum absolute atomic E-state index is 0.102. The molecule has 0 bridgehead atoms. The Kier molecular flexibility index (Phi) is 6.94. The van der Waals surface area contributed by atoms with Gasteiger partial charge in [0, 0.05) is 13.2 Å². The molecule has 1 N–H and O–H groups in total. The Morgan fingerprint density at radius 1 is 1.09 bits per heavy atom. The van der Waals surface area contributed by atoms with Gasteiger partial charge in [-0.15, -0.1) is 0 Å². The van der Waals surface area contributed by atoms with Gasteiger partial charge >= 0.3 is 5.69 Å². The van der Waals surface area contributed by atoms with Gasteiger partial charge in [-0.1, -0.05) is 11.6 Å². The van der Waals surface area contributed by atoms with Crippen molar-refractivity contribution in [1.82, 2.24) is 19.5 Å². The van der Waals surface area contributed by atoms with E-state index in [1.807, 2.05) is 0 Å². The molecule has 0 unspecified atom stereocenters. The molecule has 0 saturated carbocycles. The van der Waals surface area contributed by atoms with Crippen LogP contribution in [0.4, 0.5) is 8.78 Å². The van der Waals surface area contributed by atoms with Crippen molar-refractivity contribution in [2.75, 3.05) is 27.4 Å². The zero-order chi connectivity index (χ0) is 24.2. The molecule has 2 heterocycles. The third-order valence-electron chi connectivity index (χ3n) is 4.87. The highest BCUT2D eigenvalue weighted by molar-refractivity contribution is 6.32. The third kappa shape index (κ3) is 4.52. The minimum Gasteiger partial charge on any atom is -0.491 e. The number of nitrogens with one attached hydrogen (secondary N) is 1. The maximum absolute atomic E-state index is 14.5. The molecule has 0 radical (unpaired) electrons. The summed E-state index contributed by atoms with van der Waals surface area (Å²) in [6, 6.07) is 6.81. The van der Waals surface area contributed by atoms with E-state index in [2.05, 4.69) is 15.0 Å². The number of aromatic nitrogens is 4. The molecule has 0 fully saturated rings. The first-order valence-corrected chi connectivity index (χ1v) is 10.3. The number of rotatable bonds is 9. The lowest BCUT2D eigenvalue weighted by Crippen LogP contribution is -2.15. The van der Waals surface area contributed by atoms with Gasteiger partial charge in [0.25, 0.3) is 0 Å². The molecular formula is C22H19ClF2N4O5. The van der Waals surface area contributed by atoms with E-state index >= 15 is 0 Å². The van der Waals surface area contributed by atoms with Crippen LogP contribution in [0.3, 0.4) is 0 Å². The molecule has 0 spiro atoms. The van der Waals surface area contributed by atoms with Crippen LogP contribution in [0.5, 0.6) is 17.4 Å². The quantitative estimate of drug-likeness (QED) is 0.356. The van der Waals surface area contributed by atoms with Crippen LogP contribution in [0.1, 0.15) is 5.56 Å². The van der Waals surface area contributed by atoms with Crippen molar-refractivity contribution in [2.45, 2.75) is 6.61 Å². The second-order valence-corrected chi connectivity index (χ2v) is 7.34. The van der Waals surface area contributed by atoms with Gasteiger partial charge in [0.15, 0.2) is 17.3 Å². The van der Waals surface area contributed by atoms with Crippen LogP contribution in [-0.4, -0.2) is 47.0 Å². The summed E-state index contributed by atoms with van der Waals surface area (Å²) in [6.45, 7) is 0.0772. The summed E-state index contributed by atoms with van der Waals surface area (Å²) in [4.78, 5) is 23.4. The molecule has 0 aliphatic heterocycles. The number of fused-ring (bicyclic) bond motifs is 1. The summed E-state index contributed by atoms with van der Waals surface area (Å²) in [7, 11) is 2.91. The lowest BCUT2D eigenvalue weighted by Gasteiger charge is -2.14. The van der Waals surface area contributed by atoms with Gasteiger partial charge in [0.1, 0.15) is 36.6 Å². The van der Waals surface area contributed by atoms with Crippen LogP contribution in [0.15, 0.2) is 41.5 Å². The summed E-state index contributed by atoms with van der Waals surface area (Å²) >= 11 is 6.35. The third-order valence-corrected chi connectivity index (χ3v) is 5.19. The molecule has 4 aromatic rings. The lowest BCUT2D eigenvalue weighted by molar-refractivity contribution is 0.144. The first kappa shape index (κ1) is 23.5. The number of halogens is 3. The molecule has 12 heteroatoms. The SMILES string of the molecule is COCCOc1ccc(F)c(F)c1COc1ccc(Cl)c(-n2c(=O)[nH]c3c(OC)ncnc32)c1. The van der Waals surface area contributed by atoms with Crippen molar-refractivity contribution in [2.24, 2.45) is 0 Å². The van der Waals surface area contributed by atoms with E-state index in [1.54, 1.807) is 0 Å². The minimum atomic E-state index is -1.08. The predicted octanol–water partition coefficient (Wildman–Crippen LogP) is 3.65. The number of nitrogens with zero attached hydrogens (tertiary/aromatic N) is 3. The van der Waals surface area contributed by atoms with Gasteiger partial charge in [0.05, 0.1) is 30.0 Å². The van der Waals surface area contributed by atoms with Crippen molar-refractivity contribution in [1.29, 1.82) is 0 Å². The van der Waals surface area contributed by atoms with Crippen molar-refractivity contribution in [3.05, 3.63) is 69.4 Å². The van der Waals surface area contributed by atoms with E-state index in [-0.39, 0.29) is 64.6 Å². The first-order valence-electron chi connectivity index (χ1n) is 9.95. The van der Waals surface area contributed by atoms with Crippen molar-refractivity contribution < 1.29 is 27.7 Å². The van der Waals surface area contributed by atoms with E-state index in [4.69, 9.17) is 30.5 Å². The zero-order valence-electron chi connectivity index (χ0n) is 18.1. The maximum Gasteiger partial charge on any atom is 0.332 e. The summed E-state index contributed by atoms with van der Waals surface area (Å²) in [5.74, 6) is -1.56. The number of H-pyrrole nitrogens is 1. The fourth-order valence-electron chi connectivity index (χ4n) is 3.27. The summed E-state index contributed by atoms with van der Waals surface area (Å²) in [6.07, 6.45) is 1.25. The molecule has 0 aliphatic carbocycles. The van der Waals surface area contributed by atoms with Crippen molar-refractivity contribution in [3.8, 4) is 23.1 Å². The van der Waals surface area contributed by atoms with Gasteiger partial charge in [-0.25, -0.2) is 23.1 Å². The van der Waals surface area contributed by atoms with E-state index in [0.717, 1.165) is 6.07 Å². The molecule has 2 aromatic heterocycles. The molecule has 34 heavy (non-hydrogen) atoms. The summed E-state index contributed by atoms with van der Waals surface area (Å²) in [5, 5.41) is 0.230. The van der Waals surface area contributed by atoms with Crippen LogP contribution in [0.25, 0.3) is 16.9 Å². The highest BCUT2D eigenvalue weighted by Gasteiger charge is 2.19. The Morgan fingerprint density at radius 2 is 1.91 bits per heavy atom. The largest absolute Gasteiger partial charge is 0.491 e. The topological polar surface area (TPSA) is 100 Å². The van der Waals surface area contributed by atoms with E-state index in [9.17, 15) is 13.6 Å². The van der Waals surface area contributed by atoms with Gasteiger partial charge in [-0.05, 0) is 24.3 Å². The monoisotopic (exact) mass is 492 g/mol. The normalized spacial score (nSPS) is 11.1. The number of methoxy groups -OCH3 is 2. The average molecular weight is 493 g/mol. The number of hydrogen-bond acceptors (Lipinski definition) is 7. The number of aromatic amines is 1. The second-order valence-electron chi connectivity index (χ2n) is 6.93. The molecular weight excluding hydrogens is 474 g/mol. The van der Waals surface area contributed by atoms with Crippen LogP contribution in [0.2, 0.25) is 5.02 Å². The number of imidazole rings is 1. The summed E-state index contributed by atoms with van der Waals surface area (Å²) < 4.78 is 50.8. The standard InChI is InChI=1S/C22H19ClF2N4O5/c1-31-7-8-33-17-6-5-15(24)18(25)13(17)10-34-12-3-4-14(23)16(9-12)29-20-19(28-22(29)30)21(32-2)27-11-26-20/h3-6,9,11H,7-8,10H2,1-2H3,(H,28,30). The van der Waals surface area contributed by atoms with E-state index in [1.165, 1.54) is 49.4 Å². The molecule has 0 aliphatic rings. The van der Waals surface area contributed by atoms with E-state index < -0.39 is 17.3 Å². The van der Waals surface area contributed by atoms with Crippen LogP contribution < -0.4 is 19.9 Å². The number of ether oxygens (including phenoxy) is 4. The highest BCUT2D eigenvalue weighted by atomic mass is 35.5. The van der Waals surface area contributed by atoms with Crippen LogP contribution in [-0.2, 0) is 11.3 Å². The van der Waals surface area contributed by atoms with Gasteiger partial charge in [-0.3, -0.25) is 4.98 Å². The maximum atomic E-state index is 14.5. The van der Waals surface area contributed by atoms with Crippen molar-refractivity contribution in [3.63, 3.8) is 0 Å². The van der Waals surface area contributed by atoms with Crippen LogP contribution >= 0.6 is 11.6 Å². The summed E-state index contributed by atoms with van der Waals surface area (Å²) in [5.41, 5.74) is 0.151. The smallest absolute Gasteiger partial charge is 0.332 e. The van der Waals surface area contributed by atoms with Gasteiger partial charge in [-0.2, -0.15) is 4.98 Å². The fourth-order valence-corrected chi connectivity index (χ4v) is 3.47. The second kappa shape index (κ2) is 10.1. The molecule has 178 valence electrons. The average Bonchev–Trinajstić information content (AvgIpc) is 3.17. The molecule has 0 atom stereocenters. The zero-order valence-corrected chi connectivity index (χ0v) is 18.9. The molecule has 0 amide bonds. The van der Waals surface area contributed by atoms with Crippen molar-refractivity contribution >= 4 is 22.8 Å². The molecule has 0 saturated heterocycles. The Balaban J connectivity index is 1.67. The first-order chi connectivity index (χ1) is 16.4. The van der Waals surface area contributed by atoms with Crippen LogP contribution in [0, 0.1) is 11.6 Å². The Labute approximate surface area is 196 Å². The Hall–Kier alpha value is -3.70. The predicted molar refractivity (Wildman–Crippen MR) is 119 cm³/mol. The highest BCUT2D eigenvalue weighted by Crippen LogP contribution is 2.30. The molecule has 2 aromatic carbocycles. The van der Waals surface area contributed by atoms with E-state index in [0.29, 0.717) is 0 Å². The Morgan fingerprint density at radius 3 is 2.68 bits per heavy atom. The number of benzene rings is 2. The fraction of sp³-hybridized carbons (Fsp3) is 0.227. The Bertz CT molecular complexity index is 1390. The lowest BCUT2D eigenvalue weighted by atomic mass is 10.2. The molecule has 4 rings (SSSR count). The number of hydrogen-bond donors (Lipinski definition) is 1. The van der Waals surface area contributed by atoms with Gasteiger partial charge in [0.2, 0.25) is 5.88 Å².